The van der Waals surface area contributed by atoms with Crippen LogP contribution in [-0.2, 0) is 11.3 Å². The average Bonchev–Trinajstić information content (AvgIpc) is 3.03. The van der Waals surface area contributed by atoms with E-state index in [0.29, 0.717) is 5.92 Å². The highest BCUT2D eigenvalue weighted by molar-refractivity contribution is 5.68. The number of nitrogens with zero attached hydrogens (tertiary/aromatic N) is 3. The summed E-state index contributed by atoms with van der Waals surface area (Å²) in [5, 5.41) is 8.02. The minimum absolute atomic E-state index is 0.128. The van der Waals surface area contributed by atoms with Gasteiger partial charge in [-0.1, -0.05) is 13.8 Å². The van der Waals surface area contributed by atoms with Gasteiger partial charge in [0.2, 0.25) is 0 Å². The third kappa shape index (κ3) is 3.43. The molecule has 0 radical (unpaired) electrons. The fourth-order valence-electron chi connectivity index (χ4n) is 3.72. The highest BCUT2D eigenvalue weighted by atomic mass is 16.6. The van der Waals surface area contributed by atoms with Crippen LogP contribution in [0.3, 0.4) is 0 Å². The fraction of sp³-hybridized carbons (Fsp3) is 0.778. The predicted octanol–water partition coefficient (Wildman–Crippen LogP) is 2.81. The van der Waals surface area contributed by atoms with Crippen molar-refractivity contribution in [2.24, 2.45) is 11.3 Å². The van der Waals surface area contributed by atoms with Gasteiger partial charge >= 0.3 is 6.09 Å². The molecule has 1 amide bonds. The van der Waals surface area contributed by atoms with Gasteiger partial charge in [0.05, 0.1) is 6.20 Å². The lowest BCUT2D eigenvalue weighted by atomic mass is 9.70. The molecule has 0 unspecified atom stereocenters. The van der Waals surface area contributed by atoms with Crippen LogP contribution in [0.25, 0.3) is 0 Å². The van der Waals surface area contributed by atoms with E-state index < -0.39 is 5.60 Å². The number of rotatable bonds is 3. The monoisotopic (exact) mass is 334 g/mol. The first-order valence-electron chi connectivity index (χ1n) is 8.92. The van der Waals surface area contributed by atoms with E-state index in [1.54, 1.807) is 0 Å². The molecule has 2 aliphatic heterocycles. The Bertz CT molecular complexity index is 604. The van der Waals surface area contributed by atoms with Crippen molar-refractivity contribution in [3.8, 4) is 0 Å². The second-order valence-corrected chi connectivity index (χ2v) is 8.72. The molecule has 3 rings (SSSR count). The Morgan fingerprint density at radius 1 is 1.50 bits per heavy atom. The van der Waals surface area contributed by atoms with Gasteiger partial charge in [0.1, 0.15) is 5.60 Å². The number of ether oxygens (including phenoxy) is 1. The van der Waals surface area contributed by atoms with Gasteiger partial charge in [-0.2, -0.15) is 5.10 Å². The Balaban J connectivity index is 1.65. The molecule has 0 aliphatic carbocycles. The molecule has 1 aromatic heterocycles. The number of amides is 1. The molecule has 2 fully saturated rings. The van der Waals surface area contributed by atoms with Gasteiger partial charge < -0.3 is 15.0 Å². The third-order valence-corrected chi connectivity index (χ3v) is 4.85. The quantitative estimate of drug-likeness (QED) is 0.923. The zero-order valence-corrected chi connectivity index (χ0v) is 15.5. The average molecular weight is 334 g/mol. The molecule has 6 heteroatoms. The van der Waals surface area contributed by atoms with Crippen LogP contribution < -0.4 is 5.32 Å². The number of hydrogen-bond acceptors (Lipinski definition) is 4. The van der Waals surface area contributed by atoms with E-state index in [1.807, 2.05) is 36.5 Å². The Hall–Kier alpha value is -1.56. The maximum Gasteiger partial charge on any atom is 0.410 e. The third-order valence-electron chi connectivity index (χ3n) is 4.85. The normalized spacial score (nSPS) is 26.9. The van der Waals surface area contributed by atoms with Crippen molar-refractivity contribution >= 4 is 6.09 Å². The molecule has 2 atom stereocenters. The molecule has 0 saturated carbocycles. The zero-order chi connectivity index (χ0) is 17.5. The number of nitrogens with one attached hydrogen (secondary N) is 1. The van der Waals surface area contributed by atoms with Crippen molar-refractivity contribution in [1.29, 1.82) is 0 Å². The van der Waals surface area contributed by atoms with Gasteiger partial charge in [0.15, 0.2) is 0 Å². The molecule has 3 heterocycles. The SMILES string of the molecule is CC(C)Cn1cc([C@H]2NC[C@]23CCN(C(=O)OC(C)(C)C)C3)cn1. The van der Waals surface area contributed by atoms with Gasteiger partial charge in [-0.05, 0) is 33.1 Å². The van der Waals surface area contributed by atoms with Gasteiger partial charge in [0.25, 0.3) is 0 Å². The summed E-state index contributed by atoms with van der Waals surface area (Å²) in [6.07, 6.45) is 4.94. The summed E-state index contributed by atoms with van der Waals surface area (Å²) in [4.78, 5) is 14.2. The first-order valence-corrected chi connectivity index (χ1v) is 8.92. The highest BCUT2D eigenvalue weighted by Crippen LogP contribution is 2.48. The minimum atomic E-state index is -0.442. The molecule has 1 aromatic rings. The molecule has 0 aromatic carbocycles. The van der Waals surface area contributed by atoms with Gasteiger partial charge in [-0.3, -0.25) is 4.68 Å². The molecular formula is C18H30N4O2. The maximum absolute atomic E-state index is 12.3. The molecule has 2 aliphatic rings. The van der Waals surface area contributed by atoms with E-state index in [0.717, 1.165) is 32.6 Å². The highest BCUT2D eigenvalue weighted by Gasteiger charge is 2.53. The Kier molecular flexibility index (Phi) is 4.36. The first kappa shape index (κ1) is 17.3. The number of carbonyl (C=O) groups is 1. The van der Waals surface area contributed by atoms with Crippen molar-refractivity contribution in [1.82, 2.24) is 20.0 Å². The van der Waals surface area contributed by atoms with Crippen molar-refractivity contribution < 1.29 is 9.53 Å². The summed E-state index contributed by atoms with van der Waals surface area (Å²) in [5.41, 5.74) is 0.915. The van der Waals surface area contributed by atoms with Crippen LogP contribution in [0.4, 0.5) is 4.79 Å². The van der Waals surface area contributed by atoms with Crippen molar-refractivity contribution in [2.75, 3.05) is 19.6 Å². The molecular weight excluding hydrogens is 304 g/mol. The van der Waals surface area contributed by atoms with E-state index in [-0.39, 0.29) is 17.6 Å². The van der Waals surface area contributed by atoms with E-state index >= 15 is 0 Å². The number of hydrogen-bond donors (Lipinski definition) is 1. The van der Waals surface area contributed by atoms with Crippen LogP contribution in [0.2, 0.25) is 0 Å². The van der Waals surface area contributed by atoms with Crippen LogP contribution in [0.15, 0.2) is 12.4 Å². The lowest BCUT2D eigenvalue weighted by Crippen LogP contribution is -2.57. The van der Waals surface area contributed by atoms with Crippen LogP contribution in [0.1, 0.15) is 52.6 Å². The molecule has 1 N–H and O–H groups in total. The predicted molar refractivity (Wildman–Crippen MR) is 92.7 cm³/mol. The second kappa shape index (κ2) is 6.06. The first-order chi connectivity index (χ1) is 11.2. The lowest BCUT2D eigenvalue weighted by molar-refractivity contribution is 0.0216. The summed E-state index contributed by atoms with van der Waals surface area (Å²) >= 11 is 0. The number of carbonyl (C=O) groups excluding carboxylic acids is 1. The Labute approximate surface area is 144 Å². The van der Waals surface area contributed by atoms with E-state index in [9.17, 15) is 4.79 Å². The summed E-state index contributed by atoms with van der Waals surface area (Å²) in [6.45, 7) is 13.5. The Morgan fingerprint density at radius 2 is 2.25 bits per heavy atom. The number of likely N-dealkylation sites (tertiary alicyclic amines) is 1. The summed E-state index contributed by atoms with van der Waals surface area (Å²) in [7, 11) is 0. The molecule has 6 nitrogen and oxygen atoms in total. The van der Waals surface area contributed by atoms with Crippen LogP contribution >= 0.6 is 0 Å². The largest absolute Gasteiger partial charge is 0.444 e. The van der Waals surface area contributed by atoms with Gasteiger partial charge in [0, 0.05) is 49.4 Å². The minimum Gasteiger partial charge on any atom is -0.444 e. The smallest absolute Gasteiger partial charge is 0.410 e. The van der Waals surface area contributed by atoms with E-state index in [1.165, 1.54) is 5.56 Å². The van der Waals surface area contributed by atoms with Crippen molar-refractivity contribution in [3.63, 3.8) is 0 Å². The van der Waals surface area contributed by atoms with E-state index in [4.69, 9.17) is 4.74 Å². The van der Waals surface area contributed by atoms with Gasteiger partial charge in [-0.25, -0.2) is 4.79 Å². The second-order valence-electron chi connectivity index (χ2n) is 8.72. The Morgan fingerprint density at radius 3 is 2.83 bits per heavy atom. The summed E-state index contributed by atoms with van der Waals surface area (Å²) in [6, 6.07) is 0.283. The molecule has 1 spiro atoms. The number of aromatic nitrogens is 2. The summed E-state index contributed by atoms with van der Waals surface area (Å²) < 4.78 is 7.54. The fourth-order valence-corrected chi connectivity index (χ4v) is 3.72. The lowest BCUT2D eigenvalue weighted by Gasteiger charge is -2.47. The summed E-state index contributed by atoms with van der Waals surface area (Å²) in [5.74, 6) is 0.579. The molecule has 24 heavy (non-hydrogen) atoms. The standard InChI is InChI=1S/C18H30N4O2/c1-13(2)9-22-10-14(8-20-22)15-18(11-19-15)6-7-21(12-18)16(23)24-17(3,4)5/h8,10,13,15,19H,6-7,9,11-12H2,1-5H3/t15-,18+/m1/s1. The zero-order valence-electron chi connectivity index (χ0n) is 15.5. The van der Waals surface area contributed by atoms with Crippen LogP contribution in [-0.4, -0.2) is 46.0 Å². The molecule has 0 bridgehead atoms. The van der Waals surface area contributed by atoms with Crippen molar-refractivity contribution in [2.45, 2.75) is 59.2 Å². The maximum atomic E-state index is 12.3. The van der Waals surface area contributed by atoms with Gasteiger partial charge in [-0.15, -0.1) is 0 Å². The topological polar surface area (TPSA) is 59.4 Å². The molecule has 2 saturated heterocycles. The van der Waals surface area contributed by atoms with Crippen LogP contribution in [0, 0.1) is 11.3 Å². The van der Waals surface area contributed by atoms with Crippen LogP contribution in [0.5, 0.6) is 0 Å². The van der Waals surface area contributed by atoms with E-state index in [2.05, 4.69) is 30.5 Å². The van der Waals surface area contributed by atoms with Crippen molar-refractivity contribution in [3.05, 3.63) is 18.0 Å². The molecule has 134 valence electrons.